The Balaban J connectivity index is 1.85. The number of rotatable bonds is 3. The van der Waals surface area contributed by atoms with E-state index in [1.165, 1.54) is 0 Å². The zero-order chi connectivity index (χ0) is 16.1. The van der Waals surface area contributed by atoms with E-state index in [0.717, 1.165) is 11.1 Å². The minimum absolute atomic E-state index is 0.0666. The number of carbonyl (C=O) groups excluding carboxylic acids is 1. The van der Waals surface area contributed by atoms with Crippen LogP contribution in [0.4, 0.5) is 0 Å². The number of aliphatic imine (C=N–C) groups is 1. The third kappa shape index (κ3) is 3.35. The first kappa shape index (κ1) is 14.7. The lowest BCUT2D eigenvalue weighted by Gasteiger charge is -1.99. The third-order valence-corrected chi connectivity index (χ3v) is 3.41. The Kier molecular flexibility index (Phi) is 4.29. The Morgan fingerprint density at radius 3 is 2.30 bits per heavy atom. The maximum Gasteiger partial charge on any atom is 0.234 e. The number of hydrogen-bond donors (Lipinski definition) is 2. The van der Waals surface area contributed by atoms with Crippen molar-refractivity contribution in [2.75, 3.05) is 0 Å². The van der Waals surface area contributed by atoms with Crippen LogP contribution in [0.5, 0.6) is 0 Å². The summed E-state index contributed by atoms with van der Waals surface area (Å²) in [7, 11) is 0. The Morgan fingerprint density at radius 2 is 1.65 bits per heavy atom. The number of hydrogen-bond acceptors (Lipinski definition) is 4. The number of oxime groups is 1. The number of carbonyl (C=O) groups is 1. The van der Waals surface area contributed by atoms with Crippen LogP contribution in [0.1, 0.15) is 11.1 Å². The van der Waals surface area contributed by atoms with Crippen LogP contribution in [-0.2, 0) is 11.3 Å². The zero-order valence-electron chi connectivity index (χ0n) is 12.3. The van der Waals surface area contributed by atoms with Gasteiger partial charge < -0.3 is 10.5 Å². The number of ketones is 1. The first-order chi connectivity index (χ1) is 11.3. The largest absolute Gasteiger partial charge is 0.410 e. The first-order valence-electron chi connectivity index (χ1n) is 7.17. The van der Waals surface area contributed by atoms with Crippen molar-refractivity contribution >= 4 is 23.4 Å². The molecule has 5 nitrogen and oxygen atoms in total. The molecule has 5 heteroatoms. The van der Waals surface area contributed by atoms with Crippen LogP contribution in [-0.4, -0.2) is 22.5 Å². The lowest BCUT2D eigenvalue weighted by atomic mass is 10.1. The fourth-order valence-electron chi connectivity index (χ4n) is 2.26. The summed E-state index contributed by atoms with van der Waals surface area (Å²) in [5.41, 5.74) is 2.16. The minimum atomic E-state index is -0.372. The van der Waals surface area contributed by atoms with Gasteiger partial charge in [0.25, 0.3) is 0 Å². The summed E-state index contributed by atoms with van der Waals surface area (Å²) in [6.07, 6.45) is 1.71. The summed E-state index contributed by atoms with van der Waals surface area (Å²) >= 11 is 0. The normalized spacial score (nSPS) is 19.5. The van der Waals surface area contributed by atoms with Gasteiger partial charge >= 0.3 is 0 Å². The van der Waals surface area contributed by atoms with Crippen molar-refractivity contribution in [3.05, 3.63) is 77.5 Å². The van der Waals surface area contributed by atoms with Crippen LogP contribution in [0, 0.1) is 0 Å². The van der Waals surface area contributed by atoms with Gasteiger partial charge in [0.2, 0.25) is 5.78 Å². The smallest absolute Gasteiger partial charge is 0.234 e. The number of benzene rings is 2. The van der Waals surface area contributed by atoms with E-state index in [4.69, 9.17) is 5.21 Å². The highest BCUT2D eigenvalue weighted by Gasteiger charge is 2.31. The molecule has 0 atom stereocenters. The van der Waals surface area contributed by atoms with Gasteiger partial charge in [0.1, 0.15) is 0 Å². The number of allylic oxidation sites excluding steroid dienone is 1. The summed E-state index contributed by atoms with van der Waals surface area (Å²) in [6, 6.07) is 19.1. The van der Waals surface area contributed by atoms with Crippen LogP contribution in [0.25, 0.3) is 6.08 Å². The van der Waals surface area contributed by atoms with Gasteiger partial charge in [-0.2, -0.15) is 0 Å². The molecule has 0 unspecified atom stereocenters. The molecule has 1 aliphatic heterocycles. The molecule has 1 saturated heterocycles. The Labute approximate surface area is 133 Å². The Bertz CT molecular complexity index is 794. The van der Waals surface area contributed by atoms with Gasteiger partial charge in [-0.15, -0.1) is 0 Å². The molecule has 1 aliphatic rings. The average molecular weight is 305 g/mol. The Morgan fingerprint density at radius 1 is 1.00 bits per heavy atom. The predicted octanol–water partition coefficient (Wildman–Crippen LogP) is 2.63. The van der Waals surface area contributed by atoms with E-state index in [0.29, 0.717) is 12.2 Å². The van der Waals surface area contributed by atoms with Crippen molar-refractivity contribution in [3.8, 4) is 0 Å². The second-order valence-corrected chi connectivity index (χ2v) is 5.02. The number of nitrogens with zero attached hydrogens (tertiary/aromatic N) is 2. The molecule has 0 bridgehead atoms. The van der Waals surface area contributed by atoms with Gasteiger partial charge in [-0.25, -0.2) is 0 Å². The van der Waals surface area contributed by atoms with Gasteiger partial charge in [-0.1, -0.05) is 65.8 Å². The highest BCUT2D eigenvalue weighted by molar-refractivity contribution is 6.74. The van der Waals surface area contributed by atoms with E-state index in [2.05, 4.69) is 15.5 Å². The topological polar surface area (TPSA) is 74.0 Å². The molecule has 0 amide bonds. The molecular weight excluding hydrogens is 290 g/mol. The van der Waals surface area contributed by atoms with Gasteiger partial charge in [0.15, 0.2) is 11.5 Å². The molecule has 23 heavy (non-hydrogen) atoms. The van der Waals surface area contributed by atoms with Crippen molar-refractivity contribution in [2.24, 2.45) is 10.1 Å². The second kappa shape index (κ2) is 6.70. The van der Waals surface area contributed by atoms with Gasteiger partial charge in [-0.05, 0) is 17.2 Å². The number of Topliss-reactive ketones (excluding diaryl/α,β-unsaturated/α-hetero) is 1. The first-order valence-corrected chi connectivity index (χ1v) is 7.17. The molecule has 1 heterocycles. The van der Waals surface area contributed by atoms with Crippen LogP contribution in [0.15, 0.2) is 76.5 Å². The summed E-state index contributed by atoms with van der Waals surface area (Å²) in [5, 5.41) is 15.1. The zero-order valence-corrected chi connectivity index (χ0v) is 12.3. The lowest BCUT2D eigenvalue weighted by molar-refractivity contribution is -0.109. The summed E-state index contributed by atoms with van der Waals surface area (Å²) in [6.45, 7) is 0.397. The second-order valence-electron chi connectivity index (χ2n) is 5.02. The van der Waals surface area contributed by atoms with E-state index in [-0.39, 0.29) is 17.3 Å². The molecule has 0 aliphatic carbocycles. The molecule has 0 radical (unpaired) electrons. The van der Waals surface area contributed by atoms with Crippen molar-refractivity contribution in [2.45, 2.75) is 6.54 Å². The summed E-state index contributed by atoms with van der Waals surface area (Å²) in [5.74, 6) is -0.0910. The van der Waals surface area contributed by atoms with E-state index >= 15 is 0 Å². The van der Waals surface area contributed by atoms with E-state index in [9.17, 15) is 4.79 Å². The van der Waals surface area contributed by atoms with Gasteiger partial charge in [0.05, 0.1) is 12.2 Å². The van der Waals surface area contributed by atoms with E-state index < -0.39 is 0 Å². The highest BCUT2D eigenvalue weighted by atomic mass is 16.4. The van der Waals surface area contributed by atoms with Crippen LogP contribution < -0.4 is 5.32 Å². The van der Waals surface area contributed by atoms with Gasteiger partial charge in [0, 0.05) is 0 Å². The summed E-state index contributed by atoms with van der Waals surface area (Å²) in [4.78, 5) is 16.6. The molecule has 2 aromatic rings. The maximum atomic E-state index is 12.3. The lowest BCUT2D eigenvalue weighted by Crippen LogP contribution is -2.20. The third-order valence-electron chi connectivity index (χ3n) is 3.41. The standard InChI is InChI=1S/C18H15N3O2/c22-17-15(11-13-7-3-1-4-8-13)20-18(16(17)21-23)19-12-14-9-5-2-6-10-14/h1-11,23H,12H2,(H,19,20)/b15-11-,21-16-. The summed E-state index contributed by atoms with van der Waals surface area (Å²) < 4.78 is 0. The van der Waals surface area contributed by atoms with Crippen molar-refractivity contribution in [3.63, 3.8) is 0 Å². The monoisotopic (exact) mass is 305 g/mol. The molecule has 114 valence electrons. The van der Waals surface area contributed by atoms with Gasteiger partial charge in [-0.3, -0.25) is 9.79 Å². The maximum absolute atomic E-state index is 12.3. The molecule has 3 rings (SSSR count). The molecule has 2 N–H and O–H groups in total. The van der Waals surface area contributed by atoms with Crippen LogP contribution >= 0.6 is 0 Å². The fraction of sp³-hybridized carbons (Fsp3) is 0.0556. The molecule has 0 aromatic heterocycles. The minimum Gasteiger partial charge on any atom is -0.410 e. The molecule has 2 aromatic carbocycles. The number of nitrogens with one attached hydrogen (secondary N) is 1. The van der Waals surface area contributed by atoms with E-state index in [1.54, 1.807) is 6.08 Å². The number of amidine groups is 1. The average Bonchev–Trinajstić information content (AvgIpc) is 2.90. The van der Waals surface area contributed by atoms with Crippen molar-refractivity contribution < 1.29 is 10.0 Å². The van der Waals surface area contributed by atoms with Crippen molar-refractivity contribution in [1.29, 1.82) is 0 Å². The SMILES string of the molecule is O=C1/C(=C/c2ccccc2)NC(=NCc2ccccc2)/C1=N\O. The molecule has 0 spiro atoms. The predicted molar refractivity (Wildman–Crippen MR) is 89.4 cm³/mol. The highest BCUT2D eigenvalue weighted by Crippen LogP contribution is 2.12. The quantitative estimate of drug-likeness (QED) is 0.520. The van der Waals surface area contributed by atoms with Crippen LogP contribution in [0.2, 0.25) is 0 Å². The fourth-order valence-corrected chi connectivity index (χ4v) is 2.26. The van der Waals surface area contributed by atoms with Crippen LogP contribution in [0.3, 0.4) is 0 Å². The molecule has 0 saturated carbocycles. The molecule has 1 fully saturated rings. The van der Waals surface area contributed by atoms with E-state index in [1.807, 2.05) is 60.7 Å². The molecular formula is C18H15N3O2. The Hall–Kier alpha value is -3.21. The van der Waals surface area contributed by atoms with Crippen molar-refractivity contribution in [1.82, 2.24) is 5.32 Å².